The van der Waals surface area contributed by atoms with Gasteiger partial charge < -0.3 is 19.6 Å². The zero-order valence-corrected chi connectivity index (χ0v) is 16.6. The molecule has 10 heteroatoms. The maximum Gasteiger partial charge on any atom is 0.337 e. The van der Waals surface area contributed by atoms with E-state index in [4.69, 9.17) is 9.15 Å². The van der Waals surface area contributed by atoms with E-state index in [1.165, 1.54) is 55.7 Å². The Kier molecular flexibility index (Phi) is 6.31. The first-order chi connectivity index (χ1) is 15.3. The molecular formula is C22H15N3O7. The van der Waals surface area contributed by atoms with E-state index in [9.17, 15) is 30.1 Å². The first kappa shape index (κ1) is 21.8. The lowest BCUT2D eigenvalue weighted by Gasteiger charge is -2.07. The Labute approximate surface area is 181 Å². The van der Waals surface area contributed by atoms with Crippen molar-refractivity contribution in [3.8, 4) is 23.1 Å². The largest absolute Gasteiger partial charge is 0.496 e. The summed E-state index contributed by atoms with van der Waals surface area (Å²) in [6, 6.07) is 14.6. The molecule has 2 aromatic carbocycles. The van der Waals surface area contributed by atoms with Gasteiger partial charge in [0.05, 0.1) is 34.9 Å². The third kappa shape index (κ3) is 4.63. The lowest BCUT2D eigenvalue weighted by atomic mass is 10.1. The van der Waals surface area contributed by atoms with E-state index in [1.54, 1.807) is 18.2 Å². The molecule has 0 aliphatic carbocycles. The number of aromatic carboxylic acids is 1. The summed E-state index contributed by atoms with van der Waals surface area (Å²) in [6.07, 6.45) is 1.19. The van der Waals surface area contributed by atoms with Crippen LogP contribution >= 0.6 is 0 Å². The summed E-state index contributed by atoms with van der Waals surface area (Å²) in [7, 11) is 1.36. The second-order valence-electron chi connectivity index (χ2n) is 6.32. The average Bonchev–Trinajstić information content (AvgIpc) is 3.25. The molecule has 0 aliphatic rings. The molecule has 0 aliphatic heterocycles. The normalized spacial score (nSPS) is 10.8. The molecular weight excluding hydrogens is 418 g/mol. The fourth-order valence-corrected chi connectivity index (χ4v) is 2.83. The molecule has 0 spiro atoms. The van der Waals surface area contributed by atoms with Crippen LogP contribution in [0.5, 0.6) is 5.75 Å². The number of nitrogens with zero attached hydrogens (tertiary/aromatic N) is 2. The lowest BCUT2D eigenvalue weighted by molar-refractivity contribution is -0.384. The molecule has 1 aromatic heterocycles. The molecule has 160 valence electrons. The number of furan rings is 1. The summed E-state index contributed by atoms with van der Waals surface area (Å²) < 4.78 is 10.8. The van der Waals surface area contributed by atoms with Gasteiger partial charge in [-0.25, -0.2) is 4.79 Å². The first-order valence-corrected chi connectivity index (χ1v) is 9.02. The van der Waals surface area contributed by atoms with E-state index in [2.05, 4.69) is 5.32 Å². The highest BCUT2D eigenvalue weighted by Gasteiger charge is 2.17. The van der Waals surface area contributed by atoms with E-state index in [1.807, 2.05) is 0 Å². The summed E-state index contributed by atoms with van der Waals surface area (Å²) in [4.78, 5) is 34.2. The number of carbonyl (C=O) groups excluding carboxylic acids is 1. The number of nitro benzene ring substituents is 1. The zero-order valence-electron chi connectivity index (χ0n) is 16.6. The number of hydrogen-bond donors (Lipinski definition) is 2. The number of amides is 1. The van der Waals surface area contributed by atoms with E-state index in [0.29, 0.717) is 11.3 Å². The fraction of sp³-hybridized carbons (Fsp3) is 0.0455. The number of benzene rings is 2. The van der Waals surface area contributed by atoms with Gasteiger partial charge in [0.2, 0.25) is 0 Å². The number of non-ortho nitro benzene ring substituents is 1. The van der Waals surface area contributed by atoms with Crippen molar-refractivity contribution in [2.75, 3.05) is 12.4 Å². The van der Waals surface area contributed by atoms with Crippen molar-refractivity contribution in [1.29, 1.82) is 5.26 Å². The van der Waals surface area contributed by atoms with Crippen molar-refractivity contribution >= 4 is 29.3 Å². The Morgan fingerprint density at radius 1 is 1.22 bits per heavy atom. The third-order valence-electron chi connectivity index (χ3n) is 4.35. The molecule has 0 bridgehead atoms. The molecule has 0 fully saturated rings. The van der Waals surface area contributed by atoms with Gasteiger partial charge in [-0.05, 0) is 30.3 Å². The number of anilines is 1. The SMILES string of the molecule is COc1cc([N+](=O)[O-])ccc1-c1ccc(/C=C(\C#N)C(=O)Nc2ccccc2C(=O)O)o1. The van der Waals surface area contributed by atoms with Crippen LogP contribution in [0, 0.1) is 21.4 Å². The van der Waals surface area contributed by atoms with Crippen LogP contribution in [0.4, 0.5) is 11.4 Å². The van der Waals surface area contributed by atoms with Gasteiger partial charge in [-0.3, -0.25) is 14.9 Å². The highest BCUT2D eigenvalue weighted by Crippen LogP contribution is 2.34. The van der Waals surface area contributed by atoms with Crippen LogP contribution in [0.15, 0.2) is 64.6 Å². The summed E-state index contributed by atoms with van der Waals surface area (Å²) in [5.41, 5.74) is -0.106. The van der Waals surface area contributed by atoms with Crippen molar-refractivity contribution in [3.63, 3.8) is 0 Å². The molecule has 0 radical (unpaired) electrons. The molecule has 3 rings (SSSR count). The highest BCUT2D eigenvalue weighted by molar-refractivity contribution is 6.11. The minimum atomic E-state index is -1.23. The minimum absolute atomic E-state index is 0.0434. The van der Waals surface area contributed by atoms with Gasteiger partial charge in [0.25, 0.3) is 11.6 Å². The maximum absolute atomic E-state index is 12.5. The smallest absolute Gasteiger partial charge is 0.337 e. The number of ether oxygens (including phenoxy) is 1. The number of rotatable bonds is 7. The van der Waals surface area contributed by atoms with Crippen molar-refractivity contribution in [2.24, 2.45) is 0 Å². The first-order valence-electron chi connectivity index (χ1n) is 9.02. The topological polar surface area (TPSA) is 156 Å². The number of hydrogen-bond acceptors (Lipinski definition) is 7. The monoisotopic (exact) mass is 433 g/mol. The Morgan fingerprint density at radius 3 is 2.62 bits per heavy atom. The predicted molar refractivity (Wildman–Crippen MR) is 113 cm³/mol. The summed E-state index contributed by atoms with van der Waals surface area (Å²) in [5.74, 6) is -1.36. The van der Waals surface area contributed by atoms with Gasteiger partial charge in [0.1, 0.15) is 28.9 Å². The summed E-state index contributed by atoms with van der Waals surface area (Å²) in [5, 5.41) is 31.9. The fourth-order valence-electron chi connectivity index (χ4n) is 2.83. The van der Waals surface area contributed by atoms with Crippen molar-refractivity contribution in [1.82, 2.24) is 0 Å². The Morgan fingerprint density at radius 2 is 1.97 bits per heavy atom. The van der Waals surface area contributed by atoms with Crippen LogP contribution in [0.25, 0.3) is 17.4 Å². The van der Waals surface area contributed by atoms with E-state index < -0.39 is 16.8 Å². The van der Waals surface area contributed by atoms with Gasteiger partial charge in [0.15, 0.2) is 0 Å². The van der Waals surface area contributed by atoms with Crippen LogP contribution in [0.2, 0.25) is 0 Å². The molecule has 0 saturated carbocycles. The Balaban J connectivity index is 1.88. The quantitative estimate of drug-likeness (QED) is 0.244. The molecule has 3 aromatic rings. The highest BCUT2D eigenvalue weighted by atomic mass is 16.6. The van der Waals surface area contributed by atoms with Crippen LogP contribution in [0.1, 0.15) is 16.1 Å². The Bertz CT molecular complexity index is 1280. The molecule has 10 nitrogen and oxygen atoms in total. The number of nitrogens with one attached hydrogen (secondary N) is 1. The molecule has 1 heterocycles. The molecule has 0 unspecified atom stereocenters. The van der Waals surface area contributed by atoms with Gasteiger partial charge in [0, 0.05) is 12.1 Å². The molecule has 2 N–H and O–H groups in total. The van der Waals surface area contributed by atoms with Gasteiger partial charge in [-0.15, -0.1) is 0 Å². The minimum Gasteiger partial charge on any atom is -0.496 e. The number of nitriles is 1. The second kappa shape index (κ2) is 9.27. The van der Waals surface area contributed by atoms with E-state index in [-0.39, 0.29) is 34.0 Å². The van der Waals surface area contributed by atoms with Crippen LogP contribution in [-0.2, 0) is 4.79 Å². The molecule has 32 heavy (non-hydrogen) atoms. The zero-order chi connectivity index (χ0) is 23.3. The summed E-state index contributed by atoms with van der Waals surface area (Å²) in [6.45, 7) is 0. The van der Waals surface area contributed by atoms with Crippen molar-refractivity contribution < 1.29 is 28.8 Å². The van der Waals surface area contributed by atoms with E-state index >= 15 is 0 Å². The lowest BCUT2D eigenvalue weighted by Crippen LogP contribution is -2.16. The van der Waals surface area contributed by atoms with E-state index in [0.717, 1.165) is 0 Å². The maximum atomic E-state index is 12.5. The average molecular weight is 433 g/mol. The van der Waals surface area contributed by atoms with Crippen LogP contribution in [0.3, 0.4) is 0 Å². The molecule has 0 saturated heterocycles. The van der Waals surface area contributed by atoms with Crippen molar-refractivity contribution in [2.45, 2.75) is 0 Å². The number of carboxylic acids is 1. The number of carbonyl (C=O) groups is 2. The number of methoxy groups -OCH3 is 1. The number of para-hydroxylation sites is 1. The van der Waals surface area contributed by atoms with Gasteiger partial charge >= 0.3 is 5.97 Å². The summed E-state index contributed by atoms with van der Waals surface area (Å²) >= 11 is 0. The van der Waals surface area contributed by atoms with Crippen LogP contribution < -0.4 is 10.1 Å². The van der Waals surface area contributed by atoms with Gasteiger partial charge in [-0.1, -0.05) is 12.1 Å². The third-order valence-corrected chi connectivity index (χ3v) is 4.35. The van der Waals surface area contributed by atoms with Crippen LogP contribution in [-0.4, -0.2) is 29.0 Å². The number of carboxylic acid groups (broad SMARTS) is 1. The second-order valence-corrected chi connectivity index (χ2v) is 6.32. The predicted octanol–water partition coefficient (Wildman–Crippen LogP) is 4.11. The molecule has 1 amide bonds. The van der Waals surface area contributed by atoms with Crippen molar-refractivity contribution in [3.05, 3.63) is 81.6 Å². The molecule has 0 atom stereocenters. The Hall–Kier alpha value is -4.91. The van der Waals surface area contributed by atoms with Gasteiger partial charge in [-0.2, -0.15) is 5.26 Å². The number of nitro groups is 1. The standard InChI is InChI=1S/C22H15N3O7/c1-31-20-11-14(25(29)30)6-8-17(20)19-9-7-15(32-19)10-13(12-23)21(26)24-18-5-3-2-4-16(18)22(27)28/h2-11H,1H3,(H,24,26)(H,27,28)/b13-10+.